The average molecular weight is 226 g/mol. The largest absolute Gasteiger partial charge is 0.351 e. The van der Waals surface area contributed by atoms with E-state index in [1.54, 1.807) is 6.92 Å². The van der Waals surface area contributed by atoms with Crippen molar-refractivity contribution in [3.8, 4) is 0 Å². The Morgan fingerprint density at radius 1 is 1.53 bits per heavy atom. The summed E-state index contributed by atoms with van der Waals surface area (Å²) in [7, 11) is 2.02. The van der Waals surface area contributed by atoms with Gasteiger partial charge in [-0.15, -0.1) is 0 Å². The van der Waals surface area contributed by atoms with Crippen LogP contribution in [0.4, 0.5) is 5.13 Å². The second kappa shape index (κ2) is 4.75. The molecule has 1 aromatic heterocycles. The number of nitrogens with zero attached hydrogens (tertiary/aromatic N) is 2. The van der Waals surface area contributed by atoms with Crippen LogP contribution in [-0.2, 0) is 0 Å². The Balaban J connectivity index is 2.87. The van der Waals surface area contributed by atoms with E-state index < -0.39 is 0 Å². The molecular weight excluding hydrogens is 208 g/mol. The third-order valence-corrected chi connectivity index (χ3v) is 3.44. The van der Waals surface area contributed by atoms with Crippen molar-refractivity contribution in [3.05, 3.63) is 10.6 Å². The van der Waals surface area contributed by atoms with Crippen molar-refractivity contribution < 1.29 is 4.79 Å². The molecule has 0 fully saturated rings. The average Bonchev–Trinajstić information content (AvgIpc) is 2.46. The quantitative estimate of drug-likeness (QED) is 0.740. The Hall–Kier alpha value is -0.900. The summed E-state index contributed by atoms with van der Waals surface area (Å²) in [6.45, 7) is 8.78. The third-order valence-electron chi connectivity index (χ3n) is 2.07. The van der Waals surface area contributed by atoms with Gasteiger partial charge in [0.1, 0.15) is 0 Å². The molecule has 0 N–H and O–H groups in total. The summed E-state index contributed by atoms with van der Waals surface area (Å²) < 4.78 is 0. The monoisotopic (exact) mass is 226 g/mol. The lowest BCUT2D eigenvalue weighted by Gasteiger charge is -2.17. The van der Waals surface area contributed by atoms with Crippen LogP contribution in [0.1, 0.15) is 36.1 Å². The highest BCUT2D eigenvalue weighted by Crippen LogP contribution is 2.25. The molecule has 0 aliphatic carbocycles. The molecule has 0 bridgehead atoms. The Labute approximate surface area is 95.1 Å². The highest BCUT2D eigenvalue weighted by molar-refractivity contribution is 7.17. The number of aryl methyl sites for hydroxylation is 1. The van der Waals surface area contributed by atoms with Gasteiger partial charge in [-0.2, -0.15) is 0 Å². The van der Waals surface area contributed by atoms with Crippen LogP contribution in [0.15, 0.2) is 0 Å². The zero-order valence-electron chi connectivity index (χ0n) is 10.00. The minimum absolute atomic E-state index is 0.106. The van der Waals surface area contributed by atoms with Gasteiger partial charge in [0.05, 0.1) is 10.6 Å². The Kier molecular flexibility index (Phi) is 3.85. The lowest BCUT2D eigenvalue weighted by molar-refractivity contribution is 0.102. The number of Topliss-reactive ketones (excluding diaryl/α,β-unsaturated/α-hetero) is 1. The molecule has 0 aromatic carbocycles. The van der Waals surface area contributed by atoms with Crippen molar-refractivity contribution in [3.63, 3.8) is 0 Å². The van der Waals surface area contributed by atoms with Crippen LogP contribution in [0.25, 0.3) is 0 Å². The van der Waals surface area contributed by atoms with Gasteiger partial charge in [0.15, 0.2) is 10.9 Å². The molecule has 3 nitrogen and oxygen atoms in total. The van der Waals surface area contributed by atoms with E-state index in [-0.39, 0.29) is 5.78 Å². The van der Waals surface area contributed by atoms with E-state index in [0.29, 0.717) is 5.92 Å². The van der Waals surface area contributed by atoms with E-state index in [2.05, 4.69) is 23.7 Å². The number of carbonyl (C=O) groups is 1. The van der Waals surface area contributed by atoms with Gasteiger partial charge >= 0.3 is 0 Å². The molecule has 0 amide bonds. The van der Waals surface area contributed by atoms with E-state index in [1.165, 1.54) is 11.3 Å². The van der Waals surface area contributed by atoms with Crippen LogP contribution in [0.5, 0.6) is 0 Å². The fourth-order valence-electron chi connectivity index (χ4n) is 1.50. The molecule has 0 atom stereocenters. The van der Waals surface area contributed by atoms with Crippen molar-refractivity contribution in [2.75, 3.05) is 18.5 Å². The molecule has 4 heteroatoms. The first-order chi connectivity index (χ1) is 6.91. The first-order valence-corrected chi connectivity index (χ1v) is 5.93. The number of aromatic nitrogens is 1. The molecule has 0 aliphatic heterocycles. The molecule has 0 spiro atoms. The summed E-state index contributed by atoms with van der Waals surface area (Å²) in [5.41, 5.74) is 0.845. The zero-order valence-corrected chi connectivity index (χ0v) is 10.8. The van der Waals surface area contributed by atoms with Gasteiger partial charge in [-0.3, -0.25) is 4.79 Å². The van der Waals surface area contributed by atoms with E-state index in [4.69, 9.17) is 0 Å². The molecule has 1 aromatic rings. The normalized spacial score (nSPS) is 10.8. The number of carbonyl (C=O) groups excluding carboxylic acids is 1. The molecule has 0 saturated heterocycles. The molecule has 0 unspecified atom stereocenters. The van der Waals surface area contributed by atoms with Crippen molar-refractivity contribution in [1.82, 2.24) is 4.98 Å². The molecule has 1 rings (SSSR count). The standard InChI is InChI=1S/C11H18N2OS/c1-7(2)6-13(5)11-12-8(3)10(15-11)9(4)14/h7H,6H2,1-5H3. The maximum absolute atomic E-state index is 11.3. The fourth-order valence-corrected chi connectivity index (χ4v) is 2.43. The zero-order chi connectivity index (χ0) is 11.6. The SMILES string of the molecule is CC(=O)c1sc(N(C)CC(C)C)nc1C. The van der Waals surface area contributed by atoms with Gasteiger partial charge in [-0.1, -0.05) is 25.2 Å². The molecule has 0 aliphatic rings. The van der Waals surface area contributed by atoms with E-state index in [0.717, 1.165) is 22.2 Å². The second-order valence-electron chi connectivity index (χ2n) is 4.24. The summed E-state index contributed by atoms with van der Waals surface area (Å²) in [6, 6.07) is 0. The van der Waals surface area contributed by atoms with Gasteiger partial charge in [-0.05, 0) is 12.8 Å². The van der Waals surface area contributed by atoms with Crippen LogP contribution < -0.4 is 4.90 Å². The number of hydrogen-bond donors (Lipinski definition) is 0. The number of anilines is 1. The fraction of sp³-hybridized carbons (Fsp3) is 0.636. The van der Waals surface area contributed by atoms with Crippen molar-refractivity contribution in [2.24, 2.45) is 5.92 Å². The second-order valence-corrected chi connectivity index (χ2v) is 5.22. The van der Waals surface area contributed by atoms with Crippen LogP contribution in [0.2, 0.25) is 0 Å². The molecule has 84 valence electrons. The maximum Gasteiger partial charge on any atom is 0.185 e. The van der Waals surface area contributed by atoms with E-state index in [1.807, 2.05) is 14.0 Å². The highest BCUT2D eigenvalue weighted by Gasteiger charge is 2.14. The van der Waals surface area contributed by atoms with Crippen molar-refractivity contribution in [1.29, 1.82) is 0 Å². The van der Waals surface area contributed by atoms with Gasteiger partial charge in [0.2, 0.25) is 0 Å². The third kappa shape index (κ3) is 3.02. The first-order valence-electron chi connectivity index (χ1n) is 5.11. The predicted octanol–water partition coefficient (Wildman–Crippen LogP) is 2.75. The number of ketones is 1. The summed E-state index contributed by atoms with van der Waals surface area (Å²) in [4.78, 5) is 18.6. The van der Waals surface area contributed by atoms with Crippen molar-refractivity contribution in [2.45, 2.75) is 27.7 Å². The van der Waals surface area contributed by atoms with Gasteiger partial charge in [-0.25, -0.2) is 4.98 Å². The van der Waals surface area contributed by atoms with E-state index >= 15 is 0 Å². The van der Waals surface area contributed by atoms with Gasteiger partial charge in [0, 0.05) is 20.5 Å². The summed E-state index contributed by atoms with van der Waals surface area (Å²) in [6.07, 6.45) is 0. The van der Waals surface area contributed by atoms with Crippen LogP contribution >= 0.6 is 11.3 Å². The highest BCUT2D eigenvalue weighted by atomic mass is 32.1. The topological polar surface area (TPSA) is 33.2 Å². The summed E-state index contributed by atoms with van der Waals surface area (Å²) >= 11 is 1.48. The summed E-state index contributed by atoms with van der Waals surface area (Å²) in [5.74, 6) is 0.703. The van der Waals surface area contributed by atoms with Crippen LogP contribution in [0, 0.1) is 12.8 Å². The minimum Gasteiger partial charge on any atom is -0.351 e. The molecular formula is C11H18N2OS. The predicted molar refractivity (Wildman–Crippen MR) is 65.0 cm³/mol. The van der Waals surface area contributed by atoms with Crippen molar-refractivity contribution >= 4 is 22.3 Å². The molecule has 0 radical (unpaired) electrons. The van der Waals surface area contributed by atoms with Gasteiger partial charge in [0.25, 0.3) is 0 Å². The Bertz CT molecular complexity index is 357. The van der Waals surface area contributed by atoms with Crippen LogP contribution in [0.3, 0.4) is 0 Å². The summed E-state index contributed by atoms with van der Waals surface area (Å²) in [5, 5.41) is 0.936. The molecule has 0 saturated carbocycles. The first kappa shape index (κ1) is 12.2. The lowest BCUT2D eigenvalue weighted by atomic mass is 10.2. The smallest absolute Gasteiger partial charge is 0.185 e. The Morgan fingerprint density at radius 2 is 2.13 bits per heavy atom. The number of hydrogen-bond acceptors (Lipinski definition) is 4. The van der Waals surface area contributed by atoms with Gasteiger partial charge < -0.3 is 4.90 Å². The molecule has 1 heterocycles. The minimum atomic E-state index is 0.106. The number of rotatable bonds is 4. The number of thiazole rings is 1. The van der Waals surface area contributed by atoms with E-state index in [9.17, 15) is 4.79 Å². The lowest BCUT2D eigenvalue weighted by Crippen LogP contribution is -2.22. The van der Waals surface area contributed by atoms with Crippen LogP contribution in [-0.4, -0.2) is 24.4 Å². The Morgan fingerprint density at radius 3 is 2.53 bits per heavy atom. The maximum atomic E-state index is 11.3. The molecule has 15 heavy (non-hydrogen) atoms.